The summed E-state index contributed by atoms with van der Waals surface area (Å²) in [5.74, 6) is 0.650. The Bertz CT molecular complexity index is 999. The van der Waals surface area contributed by atoms with Gasteiger partial charge in [-0.05, 0) is 25.1 Å². The fourth-order valence-corrected chi connectivity index (χ4v) is 3.58. The largest absolute Gasteiger partial charge is 0.462 e. The Kier molecular flexibility index (Phi) is 3.66. The molecule has 0 aliphatic carbocycles. The summed E-state index contributed by atoms with van der Waals surface area (Å²) >= 11 is 1.53. The molecule has 4 rings (SSSR count). The summed E-state index contributed by atoms with van der Waals surface area (Å²) in [5.41, 5.74) is 2.52. The molecule has 24 heavy (non-hydrogen) atoms. The van der Waals surface area contributed by atoms with Crippen LogP contribution in [0.25, 0.3) is 21.7 Å². The minimum absolute atomic E-state index is 0.0974. The zero-order valence-corrected chi connectivity index (χ0v) is 13.8. The molecule has 0 radical (unpaired) electrons. The van der Waals surface area contributed by atoms with E-state index in [1.807, 2.05) is 43.3 Å². The lowest BCUT2D eigenvalue weighted by Crippen LogP contribution is -2.22. The molecule has 5 nitrogen and oxygen atoms in total. The van der Waals surface area contributed by atoms with Crippen LogP contribution in [-0.2, 0) is 6.54 Å². The fraction of sp³-hybridized carbons (Fsp3) is 0.111. The highest BCUT2D eigenvalue weighted by Crippen LogP contribution is 2.28. The van der Waals surface area contributed by atoms with Gasteiger partial charge in [-0.1, -0.05) is 18.2 Å². The number of para-hydroxylation sites is 1. The van der Waals surface area contributed by atoms with Crippen molar-refractivity contribution in [3.05, 3.63) is 65.0 Å². The number of H-pyrrole nitrogens is 1. The molecule has 0 unspecified atom stereocenters. The van der Waals surface area contributed by atoms with Crippen LogP contribution in [-0.4, -0.2) is 15.9 Å². The van der Waals surface area contributed by atoms with Crippen molar-refractivity contribution >= 4 is 28.1 Å². The highest BCUT2D eigenvalue weighted by molar-refractivity contribution is 7.15. The van der Waals surface area contributed by atoms with Crippen molar-refractivity contribution in [1.82, 2.24) is 15.3 Å². The van der Waals surface area contributed by atoms with E-state index >= 15 is 0 Å². The minimum atomic E-state index is -0.0974. The van der Waals surface area contributed by atoms with Gasteiger partial charge in [-0.2, -0.15) is 0 Å². The average molecular weight is 337 g/mol. The van der Waals surface area contributed by atoms with Crippen LogP contribution in [0.15, 0.2) is 53.3 Å². The molecule has 4 aromatic rings. The van der Waals surface area contributed by atoms with Gasteiger partial charge in [0.05, 0.1) is 24.1 Å². The van der Waals surface area contributed by atoms with Crippen molar-refractivity contribution < 1.29 is 9.21 Å². The lowest BCUT2D eigenvalue weighted by molar-refractivity contribution is 0.0953. The van der Waals surface area contributed by atoms with Crippen LogP contribution in [0.2, 0.25) is 0 Å². The Labute approximate surface area is 142 Å². The van der Waals surface area contributed by atoms with Crippen LogP contribution >= 0.6 is 11.3 Å². The Morgan fingerprint density at radius 2 is 2.17 bits per heavy atom. The number of amides is 1. The predicted molar refractivity (Wildman–Crippen MR) is 94.0 cm³/mol. The molecule has 0 fully saturated rings. The van der Waals surface area contributed by atoms with E-state index in [1.165, 1.54) is 11.3 Å². The summed E-state index contributed by atoms with van der Waals surface area (Å²) in [6, 6.07) is 11.5. The lowest BCUT2D eigenvalue weighted by atomic mass is 10.1. The number of nitrogens with one attached hydrogen (secondary N) is 2. The number of carbonyl (C=O) groups excluding carboxylic acids is 1. The smallest absolute Gasteiger partial charge is 0.253 e. The normalized spacial score (nSPS) is 11.0. The first kappa shape index (κ1) is 14.7. The first-order valence-electron chi connectivity index (χ1n) is 7.57. The standard InChI is InChI=1S/C18H15N3O2S/c1-11-16(24-18(21-11)15-7-4-8-23-15)10-20-17(22)13-9-19-14-6-3-2-5-12(13)14/h2-9,19H,10H2,1H3,(H,20,22). The Balaban J connectivity index is 1.52. The Morgan fingerprint density at radius 3 is 3.00 bits per heavy atom. The van der Waals surface area contributed by atoms with Gasteiger partial charge in [0.15, 0.2) is 10.8 Å². The number of aromatic nitrogens is 2. The number of furan rings is 1. The molecule has 0 atom stereocenters. The molecule has 2 N–H and O–H groups in total. The van der Waals surface area contributed by atoms with E-state index in [2.05, 4.69) is 15.3 Å². The first-order chi connectivity index (χ1) is 11.7. The second-order valence-corrected chi connectivity index (χ2v) is 6.52. The number of aromatic amines is 1. The third-order valence-corrected chi connectivity index (χ3v) is 5.04. The molecule has 1 aromatic carbocycles. The summed E-state index contributed by atoms with van der Waals surface area (Å²) in [5, 5.41) is 4.72. The third kappa shape index (κ3) is 2.61. The van der Waals surface area contributed by atoms with E-state index in [1.54, 1.807) is 12.5 Å². The maximum Gasteiger partial charge on any atom is 0.253 e. The molecule has 6 heteroatoms. The second-order valence-electron chi connectivity index (χ2n) is 5.44. The van der Waals surface area contributed by atoms with Gasteiger partial charge < -0.3 is 14.7 Å². The molecular formula is C18H15N3O2S. The number of carbonyl (C=O) groups is 1. The number of hydrogen-bond acceptors (Lipinski definition) is 4. The maximum absolute atomic E-state index is 12.5. The molecule has 1 amide bonds. The molecule has 3 heterocycles. The van der Waals surface area contributed by atoms with Gasteiger partial charge >= 0.3 is 0 Å². The maximum atomic E-state index is 12.5. The van der Waals surface area contributed by atoms with Gasteiger partial charge in [-0.15, -0.1) is 11.3 Å². The molecule has 0 saturated carbocycles. The lowest BCUT2D eigenvalue weighted by Gasteiger charge is -2.03. The van der Waals surface area contributed by atoms with Crippen LogP contribution in [0.1, 0.15) is 20.9 Å². The minimum Gasteiger partial charge on any atom is -0.462 e. The van der Waals surface area contributed by atoms with Gasteiger partial charge in [0, 0.05) is 22.0 Å². The van der Waals surface area contributed by atoms with Gasteiger partial charge in [-0.3, -0.25) is 4.79 Å². The number of rotatable bonds is 4. The van der Waals surface area contributed by atoms with E-state index in [0.717, 1.165) is 32.2 Å². The van der Waals surface area contributed by atoms with E-state index in [-0.39, 0.29) is 5.91 Å². The zero-order chi connectivity index (χ0) is 16.5. The molecule has 3 aromatic heterocycles. The van der Waals surface area contributed by atoms with Crippen LogP contribution in [0.3, 0.4) is 0 Å². The summed E-state index contributed by atoms with van der Waals surface area (Å²) in [4.78, 5) is 21.1. The summed E-state index contributed by atoms with van der Waals surface area (Å²) in [7, 11) is 0. The van der Waals surface area contributed by atoms with Crippen molar-refractivity contribution in [1.29, 1.82) is 0 Å². The number of benzene rings is 1. The number of aryl methyl sites for hydroxylation is 1. The van der Waals surface area contributed by atoms with Gasteiger partial charge in [0.25, 0.3) is 5.91 Å². The van der Waals surface area contributed by atoms with Crippen molar-refractivity contribution in [3.63, 3.8) is 0 Å². The van der Waals surface area contributed by atoms with Crippen LogP contribution in [0.4, 0.5) is 0 Å². The van der Waals surface area contributed by atoms with E-state index in [0.29, 0.717) is 12.1 Å². The second kappa shape index (κ2) is 5.98. The number of fused-ring (bicyclic) bond motifs is 1. The van der Waals surface area contributed by atoms with Gasteiger partial charge in [0.1, 0.15) is 0 Å². The monoisotopic (exact) mass is 337 g/mol. The number of nitrogens with zero attached hydrogens (tertiary/aromatic N) is 1. The van der Waals surface area contributed by atoms with E-state index in [4.69, 9.17) is 4.42 Å². The molecule has 0 aliphatic heterocycles. The van der Waals surface area contributed by atoms with Crippen LogP contribution < -0.4 is 5.32 Å². The Hall–Kier alpha value is -2.86. The fourth-order valence-electron chi connectivity index (χ4n) is 2.61. The molecular weight excluding hydrogens is 322 g/mol. The van der Waals surface area contributed by atoms with E-state index < -0.39 is 0 Å². The van der Waals surface area contributed by atoms with Crippen LogP contribution in [0, 0.1) is 6.92 Å². The number of thiazole rings is 1. The average Bonchev–Trinajstić information content (AvgIpc) is 3.32. The molecule has 0 bridgehead atoms. The number of hydrogen-bond donors (Lipinski definition) is 2. The summed E-state index contributed by atoms with van der Waals surface area (Å²) in [6.45, 7) is 2.39. The summed E-state index contributed by atoms with van der Waals surface area (Å²) < 4.78 is 5.38. The van der Waals surface area contributed by atoms with Crippen LogP contribution in [0.5, 0.6) is 0 Å². The van der Waals surface area contributed by atoms with Gasteiger partial charge in [0.2, 0.25) is 0 Å². The SMILES string of the molecule is Cc1nc(-c2ccco2)sc1CNC(=O)c1c[nH]c2ccccc12. The third-order valence-electron chi connectivity index (χ3n) is 3.87. The zero-order valence-electron chi connectivity index (χ0n) is 13.0. The van der Waals surface area contributed by atoms with Crippen molar-refractivity contribution in [3.8, 4) is 10.8 Å². The summed E-state index contributed by atoms with van der Waals surface area (Å²) in [6.07, 6.45) is 3.37. The van der Waals surface area contributed by atoms with E-state index in [9.17, 15) is 4.79 Å². The highest BCUT2D eigenvalue weighted by atomic mass is 32.1. The topological polar surface area (TPSA) is 70.9 Å². The quantitative estimate of drug-likeness (QED) is 0.588. The highest BCUT2D eigenvalue weighted by Gasteiger charge is 2.14. The van der Waals surface area contributed by atoms with Crippen molar-refractivity contribution in [2.24, 2.45) is 0 Å². The molecule has 0 aliphatic rings. The van der Waals surface area contributed by atoms with Crippen molar-refractivity contribution in [2.45, 2.75) is 13.5 Å². The first-order valence-corrected chi connectivity index (χ1v) is 8.38. The molecule has 0 spiro atoms. The predicted octanol–water partition coefficient (Wildman–Crippen LogP) is 4.12. The molecule has 120 valence electrons. The Morgan fingerprint density at radius 1 is 1.29 bits per heavy atom. The van der Waals surface area contributed by atoms with Gasteiger partial charge in [-0.25, -0.2) is 4.98 Å². The van der Waals surface area contributed by atoms with Crippen molar-refractivity contribution in [2.75, 3.05) is 0 Å². The molecule has 0 saturated heterocycles.